The molecule has 0 rings (SSSR count). The minimum Gasteiger partial charge on any atom is -0.462 e. The summed E-state index contributed by atoms with van der Waals surface area (Å²) in [7, 11) is -4.79. The summed E-state index contributed by atoms with van der Waals surface area (Å²) in [6.45, 7) is 3.33. The van der Waals surface area contributed by atoms with Crippen LogP contribution in [0.4, 0.5) is 0 Å². The zero-order valence-corrected chi connectivity index (χ0v) is 32.5. The SMILES string of the molecule is CC/C=C\C/C=C\C/C=C\C/C=C\C/C=C\CCCC(=O)OCC(COP(=O)(O)O)OC(=O)CCC/C=C\C/C=C\C/C=C\C/C=C\C/C=C\CC. The largest absolute Gasteiger partial charge is 0.469 e. The molecule has 0 aromatic carbocycles. The van der Waals surface area contributed by atoms with Crippen LogP contribution in [0.25, 0.3) is 0 Å². The fourth-order valence-electron chi connectivity index (χ4n) is 4.26. The molecular formula is C43H65O8P. The van der Waals surface area contributed by atoms with Crippen molar-refractivity contribution in [3.63, 3.8) is 0 Å². The topological polar surface area (TPSA) is 119 Å². The quantitative estimate of drug-likeness (QED) is 0.0303. The predicted octanol–water partition coefficient (Wildman–Crippen LogP) is 11.4. The van der Waals surface area contributed by atoms with E-state index in [1.54, 1.807) is 0 Å². The molecule has 0 bridgehead atoms. The number of allylic oxidation sites excluding steroid dienone is 20. The van der Waals surface area contributed by atoms with Crippen molar-refractivity contribution in [2.75, 3.05) is 13.2 Å². The lowest BCUT2D eigenvalue weighted by Gasteiger charge is -2.18. The average Bonchev–Trinajstić information content (AvgIpc) is 3.11. The van der Waals surface area contributed by atoms with Crippen LogP contribution in [0.15, 0.2) is 122 Å². The Kier molecular flexibility index (Phi) is 34.7. The maximum atomic E-state index is 12.3. The first-order valence-electron chi connectivity index (χ1n) is 18.8. The molecule has 0 aromatic heterocycles. The number of ether oxygens (including phenoxy) is 2. The molecule has 9 heteroatoms. The number of rotatable bonds is 32. The van der Waals surface area contributed by atoms with Gasteiger partial charge in [0.15, 0.2) is 6.10 Å². The average molecular weight is 741 g/mol. The summed E-state index contributed by atoms with van der Waals surface area (Å²) in [5.74, 6) is -1.04. The van der Waals surface area contributed by atoms with Crippen molar-refractivity contribution in [3.05, 3.63) is 122 Å². The Morgan fingerprint density at radius 1 is 0.500 bits per heavy atom. The van der Waals surface area contributed by atoms with Gasteiger partial charge in [-0.3, -0.25) is 14.1 Å². The van der Waals surface area contributed by atoms with Gasteiger partial charge in [-0.25, -0.2) is 4.57 Å². The van der Waals surface area contributed by atoms with Crippen molar-refractivity contribution in [1.82, 2.24) is 0 Å². The molecule has 0 radical (unpaired) electrons. The van der Waals surface area contributed by atoms with Crippen molar-refractivity contribution in [2.24, 2.45) is 0 Å². The summed E-state index contributed by atoms with van der Waals surface area (Å²) in [6.07, 6.45) is 53.6. The normalized spacial score (nSPS) is 13.8. The van der Waals surface area contributed by atoms with Crippen LogP contribution in [0.3, 0.4) is 0 Å². The number of hydrogen-bond acceptors (Lipinski definition) is 6. The van der Waals surface area contributed by atoms with E-state index < -0.39 is 32.5 Å². The summed E-state index contributed by atoms with van der Waals surface area (Å²) >= 11 is 0. The Bertz CT molecular complexity index is 1240. The molecule has 0 spiro atoms. The molecular weight excluding hydrogens is 675 g/mol. The van der Waals surface area contributed by atoms with E-state index >= 15 is 0 Å². The standard InChI is InChI=1S/C43H65O8P/c1-3-5-7-9-11-13-15-17-19-21-23-25-27-29-31-33-35-37-42(44)49-39-41(40-50-52(46,47)48)51-43(45)38-36-34-32-30-28-26-24-22-20-18-16-14-12-10-8-6-4-2/h5-8,11-14,17-20,23-26,29-32,41H,3-4,9-10,15-16,21-22,27-28,33-40H2,1-2H3,(H2,46,47,48)/b7-5-,8-6-,13-11-,14-12-,19-17-,20-18-,25-23-,26-24-,31-29-,32-30-. The van der Waals surface area contributed by atoms with Crippen LogP contribution in [-0.4, -0.2) is 41.0 Å². The van der Waals surface area contributed by atoms with Crippen LogP contribution in [0.5, 0.6) is 0 Å². The van der Waals surface area contributed by atoms with Gasteiger partial charge in [0.25, 0.3) is 0 Å². The molecule has 0 aromatic rings. The maximum Gasteiger partial charge on any atom is 0.469 e. The third kappa shape index (κ3) is 39.2. The molecule has 290 valence electrons. The first kappa shape index (κ1) is 48.5. The highest BCUT2D eigenvalue weighted by molar-refractivity contribution is 7.46. The Labute approximate surface area is 314 Å². The van der Waals surface area contributed by atoms with E-state index in [0.29, 0.717) is 25.7 Å². The van der Waals surface area contributed by atoms with Crippen molar-refractivity contribution in [3.8, 4) is 0 Å². The van der Waals surface area contributed by atoms with Crippen molar-refractivity contribution >= 4 is 19.8 Å². The van der Waals surface area contributed by atoms with Gasteiger partial charge in [0, 0.05) is 12.8 Å². The number of carbonyl (C=O) groups is 2. The van der Waals surface area contributed by atoms with Crippen molar-refractivity contribution < 1.29 is 37.9 Å². The van der Waals surface area contributed by atoms with Gasteiger partial charge in [-0.05, 0) is 89.9 Å². The van der Waals surface area contributed by atoms with Gasteiger partial charge in [0.2, 0.25) is 0 Å². The molecule has 52 heavy (non-hydrogen) atoms. The van der Waals surface area contributed by atoms with E-state index in [1.807, 2.05) is 18.2 Å². The predicted molar refractivity (Wildman–Crippen MR) is 215 cm³/mol. The fraction of sp³-hybridized carbons (Fsp3) is 0.488. The third-order valence-corrected chi connectivity index (χ3v) is 7.46. The van der Waals surface area contributed by atoms with Crippen LogP contribution < -0.4 is 0 Å². The number of esters is 2. The first-order chi connectivity index (χ1) is 25.3. The molecule has 1 atom stereocenters. The van der Waals surface area contributed by atoms with E-state index in [4.69, 9.17) is 19.3 Å². The minimum atomic E-state index is -4.79. The summed E-state index contributed by atoms with van der Waals surface area (Å²) in [5.41, 5.74) is 0. The number of unbranched alkanes of at least 4 members (excludes halogenated alkanes) is 2. The van der Waals surface area contributed by atoms with Gasteiger partial charge in [0.05, 0.1) is 6.61 Å². The molecule has 0 saturated heterocycles. The van der Waals surface area contributed by atoms with Gasteiger partial charge in [-0.2, -0.15) is 0 Å². The van der Waals surface area contributed by atoms with E-state index in [1.165, 1.54) is 0 Å². The maximum absolute atomic E-state index is 12.3. The van der Waals surface area contributed by atoms with Gasteiger partial charge in [-0.15, -0.1) is 0 Å². The van der Waals surface area contributed by atoms with Gasteiger partial charge in [-0.1, -0.05) is 135 Å². The third-order valence-electron chi connectivity index (χ3n) is 6.98. The Morgan fingerprint density at radius 3 is 1.17 bits per heavy atom. The molecule has 0 amide bonds. The number of hydrogen-bond donors (Lipinski definition) is 2. The summed E-state index contributed by atoms with van der Waals surface area (Å²) < 4.78 is 26.2. The second-order valence-electron chi connectivity index (χ2n) is 11.8. The van der Waals surface area contributed by atoms with Crippen molar-refractivity contribution in [1.29, 1.82) is 0 Å². The Balaban J connectivity index is 4.21. The molecule has 8 nitrogen and oxygen atoms in total. The van der Waals surface area contributed by atoms with Crippen LogP contribution in [0, 0.1) is 0 Å². The second kappa shape index (κ2) is 37.2. The molecule has 0 aliphatic heterocycles. The van der Waals surface area contributed by atoms with E-state index in [2.05, 4.69) is 122 Å². The van der Waals surface area contributed by atoms with Gasteiger partial charge < -0.3 is 19.3 Å². The number of carbonyl (C=O) groups excluding carboxylic acids is 2. The molecule has 1 unspecified atom stereocenters. The fourth-order valence-corrected chi connectivity index (χ4v) is 4.63. The van der Waals surface area contributed by atoms with Crippen LogP contribution in [-0.2, 0) is 28.2 Å². The smallest absolute Gasteiger partial charge is 0.462 e. The lowest BCUT2D eigenvalue weighted by molar-refractivity contribution is -0.161. The zero-order valence-electron chi connectivity index (χ0n) is 31.6. The Hall–Kier alpha value is -3.55. The van der Waals surface area contributed by atoms with E-state index in [9.17, 15) is 14.2 Å². The number of phosphoric ester groups is 1. The molecule has 2 N–H and O–H groups in total. The van der Waals surface area contributed by atoms with Crippen LogP contribution >= 0.6 is 7.82 Å². The highest BCUT2D eigenvalue weighted by Crippen LogP contribution is 2.35. The van der Waals surface area contributed by atoms with Gasteiger partial charge in [0.1, 0.15) is 6.61 Å². The van der Waals surface area contributed by atoms with Crippen molar-refractivity contribution in [2.45, 2.75) is 123 Å². The second-order valence-corrected chi connectivity index (χ2v) is 13.0. The van der Waals surface area contributed by atoms with Gasteiger partial charge >= 0.3 is 19.8 Å². The highest BCUT2D eigenvalue weighted by Gasteiger charge is 2.22. The molecule has 0 heterocycles. The summed E-state index contributed by atoms with van der Waals surface area (Å²) in [6, 6.07) is 0. The minimum absolute atomic E-state index is 0.113. The Morgan fingerprint density at radius 2 is 0.827 bits per heavy atom. The summed E-state index contributed by atoms with van der Waals surface area (Å²) in [5, 5.41) is 0. The lowest BCUT2D eigenvalue weighted by atomic mass is 10.2. The summed E-state index contributed by atoms with van der Waals surface area (Å²) in [4.78, 5) is 42.7. The molecule has 0 fully saturated rings. The highest BCUT2D eigenvalue weighted by atomic mass is 31.2. The molecule has 0 saturated carbocycles. The van der Waals surface area contributed by atoms with E-state index in [0.717, 1.165) is 64.2 Å². The lowest BCUT2D eigenvalue weighted by Crippen LogP contribution is -2.29. The first-order valence-corrected chi connectivity index (χ1v) is 20.4. The molecule has 0 aliphatic rings. The van der Waals surface area contributed by atoms with Crippen LogP contribution in [0.2, 0.25) is 0 Å². The molecule has 0 aliphatic carbocycles. The van der Waals surface area contributed by atoms with E-state index in [-0.39, 0.29) is 19.4 Å². The van der Waals surface area contributed by atoms with Crippen LogP contribution in [0.1, 0.15) is 117 Å². The monoisotopic (exact) mass is 740 g/mol. The number of phosphoric acid groups is 1. The zero-order chi connectivity index (χ0) is 38.2.